The van der Waals surface area contributed by atoms with Crippen molar-refractivity contribution in [2.75, 3.05) is 6.54 Å². The number of carbonyl (C=O) groups excluding carboxylic acids is 1. The highest BCUT2D eigenvalue weighted by Gasteiger charge is 2.26. The number of aromatic nitrogens is 4. The predicted molar refractivity (Wildman–Crippen MR) is 105 cm³/mol. The molecule has 0 bridgehead atoms. The van der Waals surface area contributed by atoms with E-state index in [4.69, 9.17) is 0 Å². The van der Waals surface area contributed by atoms with E-state index >= 15 is 0 Å². The van der Waals surface area contributed by atoms with Gasteiger partial charge in [-0.2, -0.15) is 0 Å². The number of nitrogens with zero attached hydrogens (tertiary/aromatic N) is 3. The third-order valence-electron chi connectivity index (χ3n) is 5.13. The second kappa shape index (κ2) is 6.45. The zero-order valence-corrected chi connectivity index (χ0v) is 15.0. The van der Waals surface area contributed by atoms with Crippen molar-refractivity contribution in [3.05, 3.63) is 82.2 Å². The van der Waals surface area contributed by atoms with Crippen LogP contribution in [-0.2, 0) is 13.0 Å². The lowest BCUT2D eigenvalue weighted by molar-refractivity contribution is 0.0733. The van der Waals surface area contributed by atoms with Crippen LogP contribution in [0.3, 0.4) is 0 Å². The number of nitrogens with one attached hydrogen (secondary N) is 2. The molecule has 1 aliphatic heterocycles. The number of hydrogen-bond acceptors (Lipinski definition) is 4. The van der Waals surface area contributed by atoms with Crippen LogP contribution < -0.4 is 5.56 Å². The van der Waals surface area contributed by atoms with Gasteiger partial charge in [0.15, 0.2) is 0 Å². The van der Waals surface area contributed by atoms with E-state index < -0.39 is 5.56 Å². The first-order chi connectivity index (χ1) is 13.7. The van der Waals surface area contributed by atoms with Gasteiger partial charge >= 0.3 is 0 Å². The summed E-state index contributed by atoms with van der Waals surface area (Å²) in [7, 11) is 0. The second-order valence-electron chi connectivity index (χ2n) is 6.82. The van der Waals surface area contributed by atoms with E-state index in [1.807, 2.05) is 18.2 Å². The number of pyridine rings is 1. The number of rotatable bonds is 2. The molecule has 2 N–H and O–H groups in total. The van der Waals surface area contributed by atoms with Crippen LogP contribution in [-0.4, -0.2) is 37.3 Å². The molecule has 1 aromatic carbocycles. The van der Waals surface area contributed by atoms with Crippen molar-refractivity contribution in [1.82, 2.24) is 24.8 Å². The van der Waals surface area contributed by atoms with Crippen LogP contribution in [0.2, 0.25) is 0 Å². The molecular formula is C21H17N5O2. The Balaban J connectivity index is 1.45. The molecule has 0 aliphatic carbocycles. The van der Waals surface area contributed by atoms with Crippen molar-refractivity contribution in [3.8, 4) is 11.4 Å². The molecule has 5 rings (SSSR count). The minimum absolute atomic E-state index is 0.0518. The van der Waals surface area contributed by atoms with Crippen LogP contribution in [0, 0.1) is 0 Å². The van der Waals surface area contributed by atoms with Gasteiger partial charge in [-0.15, -0.1) is 0 Å². The molecule has 7 heteroatoms. The topological polar surface area (TPSA) is 94.7 Å². The standard InChI is InChI=1S/C21H17N5O2/c27-20-15(11-23-19(25-20)13-4-3-8-22-10-13)21(28)26-9-7-18-16(12-26)14-5-1-2-6-17(14)24-18/h1-6,8,10-11,24H,7,9,12H2,(H,23,25,27). The summed E-state index contributed by atoms with van der Waals surface area (Å²) in [5.74, 6) is 0.0922. The predicted octanol–water partition coefficient (Wildman–Crippen LogP) is 2.51. The third-order valence-corrected chi connectivity index (χ3v) is 5.13. The highest BCUT2D eigenvalue weighted by Crippen LogP contribution is 2.28. The van der Waals surface area contributed by atoms with Crippen LogP contribution in [0.15, 0.2) is 59.8 Å². The molecule has 1 amide bonds. The fraction of sp³-hybridized carbons (Fsp3) is 0.143. The molecule has 4 aromatic rings. The SMILES string of the molecule is O=C(c1cnc(-c2cccnc2)[nH]c1=O)N1CCc2[nH]c3ccccc3c2C1. The Hall–Kier alpha value is -3.74. The number of H-pyrrole nitrogens is 2. The van der Waals surface area contributed by atoms with E-state index in [9.17, 15) is 9.59 Å². The monoisotopic (exact) mass is 371 g/mol. The number of hydrogen-bond donors (Lipinski definition) is 2. The molecule has 7 nitrogen and oxygen atoms in total. The Kier molecular flexibility index (Phi) is 3.79. The Morgan fingerprint density at radius 1 is 1.07 bits per heavy atom. The number of para-hydroxylation sites is 1. The molecule has 0 spiro atoms. The van der Waals surface area contributed by atoms with Crippen LogP contribution in [0.25, 0.3) is 22.3 Å². The van der Waals surface area contributed by atoms with Gasteiger partial charge in [-0.25, -0.2) is 4.98 Å². The van der Waals surface area contributed by atoms with E-state index in [0.717, 1.165) is 28.6 Å². The maximum Gasteiger partial charge on any atom is 0.264 e. The second-order valence-corrected chi connectivity index (χ2v) is 6.82. The first-order valence-electron chi connectivity index (χ1n) is 9.08. The first kappa shape index (κ1) is 16.4. The van der Waals surface area contributed by atoms with Gasteiger partial charge in [0.1, 0.15) is 11.4 Å². The summed E-state index contributed by atoms with van der Waals surface area (Å²) in [5.41, 5.74) is 3.65. The Morgan fingerprint density at radius 3 is 2.79 bits per heavy atom. The average Bonchev–Trinajstić information content (AvgIpc) is 3.12. The molecule has 0 saturated heterocycles. The molecule has 0 saturated carbocycles. The van der Waals surface area contributed by atoms with Gasteiger partial charge in [0.2, 0.25) is 0 Å². The lowest BCUT2D eigenvalue weighted by Crippen LogP contribution is -2.38. The normalized spacial score (nSPS) is 13.5. The number of carbonyl (C=O) groups is 1. The molecule has 0 fully saturated rings. The van der Waals surface area contributed by atoms with Gasteiger partial charge < -0.3 is 14.9 Å². The zero-order valence-electron chi connectivity index (χ0n) is 15.0. The third kappa shape index (κ3) is 2.68. The minimum atomic E-state index is -0.441. The minimum Gasteiger partial charge on any atom is -0.358 e. The quantitative estimate of drug-likeness (QED) is 0.566. The summed E-state index contributed by atoms with van der Waals surface area (Å²) in [6.07, 6.45) is 5.35. The number of fused-ring (bicyclic) bond motifs is 3. The average molecular weight is 371 g/mol. The lowest BCUT2D eigenvalue weighted by Gasteiger charge is -2.27. The van der Waals surface area contributed by atoms with Gasteiger partial charge in [0.05, 0.1) is 0 Å². The van der Waals surface area contributed by atoms with Crippen molar-refractivity contribution < 1.29 is 4.79 Å². The van der Waals surface area contributed by atoms with Crippen LogP contribution in [0.5, 0.6) is 0 Å². The van der Waals surface area contributed by atoms with Crippen molar-refractivity contribution in [2.45, 2.75) is 13.0 Å². The molecule has 3 aromatic heterocycles. The molecular weight excluding hydrogens is 354 g/mol. The summed E-state index contributed by atoms with van der Waals surface area (Å²) in [5, 5.41) is 1.12. The number of benzene rings is 1. The molecule has 0 radical (unpaired) electrons. The van der Waals surface area contributed by atoms with Crippen molar-refractivity contribution in [2.24, 2.45) is 0 Å². The maximum absolute atomic E-state index is 13.0. The lowest BCUT2D eigenvalue weighted by atomic mass is 10.0. The Morgan fingerprint density at radius 2 is 1.96 bits per heavy atom. The van der Waals surface area contributed by atoms with Gasteiger partial charge in [-0.3, -0.25) is 14.6 Å². The summed E-state index contributed by atoms with van der Waals surface area (Å²) >= 11 is 0. The van der Waals surface area contributed by atoms with Gasteiger partial charge in [-0.1, -0.05) is 18.2 Å². The van der Waals surface area contributed by atoms with E-state index in [1.54, 1.807) is 29.4 Å². The zero-order chi connectivity index (χ0) is 19.1. The highest BCUT2D eigenvalue weighted by molar-refractivity contribution is 5.94. The highest BCUT2D eigenvalue weighted by atomic mass is 16.2. The molecule has 4 heterocycles. The van der Waals surface area contributed by atoms with E-state index in [-0.39, 0.29) is 11.5 Å². The van der Waals surface area contributed by atoms with Gasteiger partial charge in [0.25, 0.3) is 11.5 Å². The molecule has 0 atom stereocenters. The first-order valence-corrected chi connectivity index (χ1v) is 9.08. The van der Waals surface area contributed by atoms with Crippen LogP contribution >= 0.6 is 0 Å². The fourth-order valence-electron chi connectivity index (χ4n) is 3.71. The van der Waals surface area contributed by atoms with Crippen LogP contribution in [0.4, 0.5) is 0 Å². The number of amides is 1. The molecule has 0 unspecified atom stereocenters. The summed E-state index contributed by atoms with van der Waals surface area (Å²) < 4.78 is 0. The molecule has 1 aliphatic rings. The van der Waals surface area contributed by atoms with Crippen molar-refractivity contribution >= 4 is 16.8 Å². The van der Waals surface area contributed by atoms with Gasteiger partial charge in [-0.05, 0) is 18.2 Å². The maximum atomic E-state index is 13.0. The van der Waals surface area contributed by atoms with E-state index in [0.29, 0.717) is 24.5 Å². The van der Waals surface area contributed by atoms with E-state index in [2.05, 4.69) is 26.0 Å². The number of aromatic amines is 2. The molecule has 28 heavy (non-hydrogen) atoms. The summed E-state index contributed by atoms with van der Waals surface area (Å²) in [6.45, 7) is 1.03. The Labute approximate surface area is 160 Å². The molecule has 138 valence electrons. The van der Waals surface area contributed by atoms with E-state index in [1.165, 1.54) is 6.20 Å². The largest absolute Gasteiger partial charge is 0.358 e. The van der Waals surface area contributed by atoms with Crippen molar-refractivity contribution in [1.29, 1.82) is 0 Å². The fourth-order valence-corrected chi connectivity index (χ4v) is 3.71. The van der Waals surface area contributed by atoms with Crippen molar-refractivity contribution in [3.63, 3.8) is 0 Å². The van der Waals surface area contributed by atoms with Crippen LogP contribution in [0.1, 0.15) is 21.6 Å². The van der Waals surface area contributed by atoms with Gasteiger partial charge in [0, 0.05) is 65.8 Å². The summed E-state index contributed by atoms with van der Waals surface area (Å²) in [4.78, 5) is 41.6. The summed E-state index contributed by atoms with van der Waals surface area (Å²) in [6, 6.07) is 11.6. The Bertz CT molecular complexity index is 1240. The smallest absolute Gasteiger partial charge is 0.264 e.